The lowest BCUT2D eigenvalue weighted by atomic mass is 9.57. The van der Waals surface area contributed by atoms with Gasteiger partial charge in [-0.15, -0.1) is 0 Å². The molecule has 1 saturated heterocycles. The van der Waals surface area contributed by atoms with Crippen LogP contribution >= 0.6 is 0 Å². The zero-order valence-corrected chi connectivity index (χ0v) is 16.2. The summed E-state index contributed by atoms with van der Waals surface area (Å²) in [5.74, 6) is -0.213. The third kappa shape index (κ3) is 3.56. The zero-order valence-electron chi connectivity index (χ0n) is 16.2. The maximum absolute atomic E-state index is 12.2. The van der Waals surface area contributed by atoms with Crippen LogP contribution in [0.5, 0.6) is 0 Å². The molecular weight excluding hydrogens is 352 g/mol. The fourth-order valence-corrected chi connectivity index (χ4v) is 4.98. The van der Waals surface area contributed by atoms with Crippen molar-refractivity contribution in [2.24, 2.45) is 17.3 Å². The van der Waals surface area contributed by atoms with E-state index in [2.05, 4.69) is 19.6 Å². The van der Waals surface area contributed by atoms with E-state index in [0.717, 1.165) is 31.2 Å². The number of carbonyl (C=O) groups excluding carboxylic acids is 2. The lowest BCUT2D eigenvalue weighted by Crippen LogP contribution is -2.43. The van der Waals surface area contributed by atoms with Gasteiger partial charge in [0.2, 0.25) is 0 Å². The normalized spacial score (nSPS) is 31.8. The molecular formula is C24H26O4. The first-order valence-corrected chi connectivity index (χ1v) is 9.95. The molecule has 4 rings (SSSR count). The van der Waals surface area contributed by atoms with Crippen LogP contribution in [-0.4, -0.2) is 24.6 Å². The van der Waals surface area contributed by atoms with Gasteiger partial charge < -0.3 is 9.47 Å². The van der Waals surface area contributed by atoms with Crippen molar-refractivity contribution in [1.82, 2.24) is 0 Å². The minimum Gasteiger partial charge on any atom is -0.458 e. The Kier molecular flexibility index (Phi) is 4.96. The molecule has 146 valence electrons. The number of hydrogen-bond donors (Lipinski definition) is 0. The largest absolute Gasteiger partial charge is 0.458 e. The van der Waals surface area contributed by atoms with Gasteiger partial charge in [-0.1, -0.05) is 49.9 Å². The molecule has 1 heterocycles. The zero-order chi connectivity index (χ0) is 19.7. The molecule has 3 aliphatic rings. The SMILES string of the molecule is C=C1C(=O)O[C@@H]2C[C@@]3(C)CCC=C(COC(=O)/C=C/c4ccccc4)[C@@H]3C[C@H]12. The summed E-state index contributed by atoms with van der Waals surface area (Å²) in [6.45, 7) is 6.52. The van der Waals surface area contributed by atoms with Crippen molar-refractivity contribution in [3.63, 3.8) is 0 Å². The molecule has 28 heavy (non-hydrogen) atoms. The van der Waals surface area contributed by atoms with Gasteiger partial charge in [0.25, 0.3) is 0 Å². The Morgan fingerprint density at radius 1 is 1.36 bits per heavy atom. The van der Waals surface area contributed by atoms with Crippen molar-refractivity contribution in [3.8, 4) is 0 Å². The Balaban J connectivity index is 1.41. The highest BCUT2D eigenvalue weighted by molar-refractivity contribution is 5.91. The van der Waals surface area contributed by atoms with Gasteiger partial charge in [0, 0.05) is 17.6 Å². The Hall–Kier alpha value is -2.62. The summed E-state index contributed by atoms with van der Waals surface area (Å²) >= 11 is 0. The average Bonchev–Trinajstić information content (AvgIpc) is 2.96. The molecule has 1 aromatic rings. The van der Waals surface area contributed by atoms with Gasteiger partial charge in [-0.25, -0.2) is 9.59 Å². The number of benzene rings is 1. The molecule has 4 heteroatoms. The molecule has 1 aliphatic heterocycles. The number of fused-ring (bicyclic) bond motifs is 2. The minimum absolute atomic E-state index is 0.0445. The maximum atomic E-state index is 12.2. The summed E-state index contributed by atoms with van der Waals surface area (Å²) < 4.78 is 11.1. The Bertz CT molecular complexity index is 851. The number of ether oxygens (including phenoxy) is 2. The highest BCUT2D eigenvalue weighted by Crippen LogP contribution is 2.55. The highest BCUT2D eigenvalue weighted by atomic mass is 16.6. The lowest BCUT2D eigenvalue weighted by molar-refractivity contribution is -0.143. The smallest absolute Gasteiger partial charge is 0.334 e. The summed E-state index contributed by atoms with van der Waals surface area (Å²) in [7, 11) is 0. The second-order valence-corrected chi connectivity index (χ2v) is 8.39. The Morgan fingerprint density at radius 2 is 2.14 bits per heavy atom. The first kappa shape index (κ1) is 18.7. The molecule has 0 N–H and O–H groups in total. The van der Waals surface area contributed by atoms with Crippen LogP contribution in [0, 0.1) is 17.3 Å². The van der Waals surface area contributed by atoms with Gasteiger partial charge in [-0.2, -0.15) is 0 Å². The van der Waals surface area contributed by atoms with Crippen LogP contribution in [0.3, 0.4) is 0 Å². The van der Waals surface area contributed by atoms with Gasteiger partial charge in [0.05, 0.1) is 0 Å². The first-order chi connectivity index (χ1) is 13.5. The number of esters is 2. The Morgan fingerprint density at radius 3 is 2.93 bits per heavy atom. The van der Waals surface area contributed by atoms with E-state index in [1.807, 2.05) is 30.3 Å². The van der Waals surface area contributed by atoms with Crippen molar-refractivity contribution >= 4 is 18.0 Å². The number of hydrogen-bond acceptors (Lipinski definition) is 4. The number of rotatable bonds is 4. The van der Waals surface area contributed by atoms with Crippen LogP contribution < -0.4 is 0 Å². The molecule has 0 unspecified atom stereocenters. The molecule has 0 aromatic heterocycles. The molecule has 1 saturated carbocycles. The van der Waals surface area contributed by atoms with Crippen molar-refractivity contribution in [2.45, 2.75) is 38.7 Å². The van der Waals surface area contributed by atoms with Crippen LogP contribution in [0.2, 0.25) is 0 Å². The van der Waals surface area contributed by atoms with Gasteiger partial charge in [0.1, 0.15) is 12.7 Å². The van der Waals surface area contributed by atoms with E-state index in [-0.39, 0.29) is 29.4 Å². The second-order valence-electron chi connectivity index (χ2n) is 8.39. The van der Waals surface area contributed by atoms with Crippen LogP contribution in [0.1, 0.15) is 38.2 Å². The van der Waals surface area contributed by atoms with E-state index < -0.39 is 0 Å². The lowest BCUT2D eigenvalue weighted by Gasteiger charge is -2.48. The molecule has 2 fully saturated rings. The van der Waals surface area contributed by atoms with E-state index in [9.17, 15) is 9.59 Å². The molecule has 2 aliphatic carbocycles. The third-order valence-electron chi connectivity index (χ3n) is 6.58. The van der Waals surface area contributed by atoms with E-state index in [1.165, 1.54) is 11.6 Å². The van der Waals surface area contributed by atoms with Crippen LogP contribution in [0.25, 0.3) is 6.08 Å². The molecule has 4 nitrogen and oxygen atoms in total. The summed E-state index contributed by atoms with van der Waals surface area (Å²) in [6, 6.07) is 9.68. The van der Waals surface area contributed by atoms with Gasteiger partial charge in [-0.3, -0.25) is 0 Å². The van der Waals surface area contributed by atoms with E-state index in [4.69, 9.17) is 9.47 Å². The van der Waals surface area contributed by atoms with E-state index in [1.54, 1.807) is 6.08 Å². The molecule has 0 spiro atoms. The van der Waals surface area contributed by atoms with Gasteiger partial charge in [-0.05, 0) is 54.2 Å². The molecule has 0 amide bonds. The second kappa shape index (κ2) is 7.42. The topological polar surface area (TPSA) is 52.6 Å². The number of carbonyl (C=O) groups is 2. The van der Waals surface area contributed by atoms with Crippen LogP contribution in [-0.2, 0) is 19.1 Å². The summed E-state index contributed by atoms with van der Waals surface area (Å²) in [4.78, 5) is 24.1. The maximum Gasteiger partial charge on any atom is 0.334 e. The summed E-state index contributed by atoms with van der Waals surface area (Å²) in [5.41, 5.74) is 2.80. The fourth-order valence-electron chi connectivity index (χ4n) is 4.98. The van der Waals surface area contributed by atoms with Crippen molar-refractivity contribution in [1.29, 1.82) is 0 Å². The quantitative estimate of drug-likeness (QED) is 0.440. The van der Waals surface area contributed by atoms with Crippen molar-refractivity contribution in [2.75, 3.05) is 6.61 Å². The number of allylic oxidation sites excluding steroid dienone is 1. The molecule has 0 radical (unpaired) electrons. The van der Waals surface area contributed by atoms with Crippen LogP contribution in [0.4, 0.5) is 0 Å². The Labute approximate surface area is 165 Å². The monoisotopic (exact) mass is 378 g/mol. The third-order valence-corrected chi connectivity index (χ3v) is 6.58. The minimum atomic E-state index is -0.338. The first-order valence-electron chi connectivity index (χ1n) is 9.95. The highest BCUT2D eigenvalue weighted by Gasteiger charge is 2.52. The molecule has 4 atom stereocenters. The van der Waals surface area contributed by atoms with Crippen molar-refractivity contribution < 1.29 is 19.1 Å². The predicted octanol–water partition coefficient (Wildman–Crippen LogP) is 4.48. The average molecular weight is 378 g/mol. The standard InChI is InChI=1S/C24H26O4/c1-16-19-13-20-18(9-6-12-24(20,2)14-21(19)28-23(16)26)15-27-22(25)11-10-17-7-4-3-5-8-17/h3-5,7-11,19-21H,1,6,12-15H2,2H3/b11-10+/t19-,20+,21-,24-/m1/s1. The van der Waals surface area contributed by atoms with Gasteiger partial charge >= 0.3 is 11.9 Å². The van der Waals surface area contributed by atoms with E-state index in [0.29, 0.717) is 18.1 Å². The fraction of sp³-hybridized carbons (Fsp3) is 0.417. The van der Waals surface area contributed by atoms with Gasteiger partial charge in [0.15, 0.2) is 0 Å². The molecule has 0 bridgehead atoms. The predicted molar refractivity (Wildman–Crippen MR) is 107 cm³/mol. The molecule has 1 aromatic carbocycles. The summed E-state index contributed by atoms with van der Waals surface area (Å²) in [5, 5.41) is 0. The van der Waals surface area contributed by atoms with E-state index >= 15 is 0 Å². The van der Waals surface area contributed by atoms with Crippen LogP contribution in [0.15, 0.2) is 60.2 Å². The van der Waals surface area contributed by atoms with Crippen molar-refractivity contribution in [3.05, 3.63) is 65.8 Å². The summed E-state index contributed by atoms with van der Waals surface area (Å²) in [6.07, 6.45) is 9.13.